The predicted octanol–water partition coefficient (Wildman–Crippen LogP) is 1.92. The highest BCUT2D eigenvalue weighted by Crippen LogP contribution is 2.14. The smallest absolute Gasteiger partial charge is 0.305 e. The zero-order valence-electron chi connectivity index (χ0n) is 7.60. The first kappa shape index (κ1) is 8.81. The van der Waals surface area contributed by atoms with Crippen molar-refractivity contribution in [2.75, 3.05) is 0 Å². The summed E-state index contributed by atoms with van der Waals surface area (Å²) >= 11 is 0. The number of rotatable bonds is 3. The van der Waals surface area contributed by atoms with Crippen LogP contribution in [0.3, 0.4) is 0 Å². The minimum atomic E-state index is -0.769. The van der Waals surface area contributed by atoms with E-state index in [1.165, 1.54) is 0 Å². The van der Waals surface area contributed by atoms with E-state index in [1.807, 2.05) is 35.0 Å². The third kappa shape index (κ3) is 1.62. The van der Waals surface area contributed by atoms with Gasteiger partial charge in [-0.15, -0.1) is 0 Å². The van der Waals surface area contributed by atoms with Crippen LogP contribution in [0.4, 0.5) is 0 Å². The number of hydrogen-bond acceptors (Lipinski definition) is 1. The van der Waals surface area contributed by atoms with E-state index in [1.54, 1.807) is 0 Å². The minimum Gasteiger partial charge on any atom is -0.481 e. The lowest BCUT2D eigenvalue weighted by Gasteiger charge is -2.01. The highest BCUT2D eigenvalue weighted by atomic mass is 16.4. The third-order valence-corrected chi connectivity index (χ3v) is 2.18. The van der Waals surface area contributed by atoms with Gasteiger partial charge < -0.3 is 9.67 Å². The summed E-state index contributed by atoms with van der Waals surface area (Å²) in [6.07, 6.45) is 2.06. The molecule has 1 N–H and O–H groups in total. The van der Waals surface area contributed by atoms with Gasteiger partial charge in [-0.2, -0.15) is 0 Å². The number of fused-ring (bicyclic) bond motifs is 1. The number of carbonyl (C=O) groups is 1. The summed E-state index contributed by atoms with van der Waals surface area (Å²) in [7, 11) is 0. The molecule has 1 heterocycles. The van der Waals surface area contributed by atoms with Gasteiger partial charge in [0.15, 0.2) is 0 Å². The number of hydrogen-bond donors (Lipinski definition) is 1. The van der Waals surface area contributed by atoms with Gasteiger partial charge in [-0.05, 0) is 24.3 Å². The summed E-state index contributed by atoms with van der Waals surface area (Å²) in [4.78, 5) is 10.4. The molecule has 14 heavy (non-hydrogen) atoms. The van der Waals surface area contributed by atoms with E-state index in [2.05, 4.69) is 6.07 Å². The molecule has 0 spiro atoms. The van der Waals surface area contributed by atoms with Crippen molar-refractivity contribution in [1.82, 2.24) is 4.57 Å². The van der Waals surface area contributed by atoms with Gasteiger partial charge in [0, 0.05) is 23.6 Å². The maximum absolute atomic E-state index is 10.4. The van der Waals surface area contributed by atoms with Crippen LogP contribution in [-0.2, 0) is 11.3 Å². The molecular formula is C11H10NO2. The van der Waals surface area contributed by atoms with Gasteiger partial charge in [0.2, 0.25) is 0 Å². The third-order valence-electron chi connectivity index (χ3n) is 2.18. The van der Waals surface area contributed by atoms with Crippen LogP contribution < -0.4 is 0 Å². The Hall–Kier alpha value is -1.77. The molecule has 0 amide bonds. The Morgan fingerprint density at radius 1 is 1.50 bits per heavy atom. The molecule has 0 aliphatic rings. The molecule has 0 fully saturated rings. The van der Waals surface area contributed by atoms with E-state index in [4.69, 9.17) is 5.11 Å². The number of benzene rings is 1. The Morgan fingerprint density at radius 2 is 2.36 bits per heavy atom. The highest BCUT2D eigenvalue weighted by molar-refractivity contribution is 5.79. The summed E-state index contributed by atoms with van der Waals surface area (Å²) in [5.41, 5.74) is 1.06. The molecule has 1 aromatic heterocycles. The molecule has 71 valence electrons. The zero-order valence-corrected chi connectivity index (χ0v) is 7.60. The maximum Gasteiger partial charge on any atom is 0.305 e. The number of nitrogens with zero attached hydrogens (tertiary/aromatic N) is 1. The average Bonchev–Trinajstić information content (AvgIpc) is 2.58. The summed E-state index contributed by atoms with van der Waals surface area (Å²) in [6.45, 7) is 0.517. The Balaban J connectivity index is 2.29. The van der Waals surface area contributed by atoms with Crippen LogP contribution in [0.5, 0.6) is 0 Å². The van der Waals surface area contributed by atoms with Crippen molar-refractivity contribution in [3.8, 4) is 0 Å². The Labute approximate surface area is 81.6 Å². The van der Waals surface area contributed by atoms with Crippen LogP contribution in [0, 0.1) is 6.07 Å². The standard InChI is InChI=1S/C11H10NO2/c13-11(14)6-8-12-7-5-9-3-1-2-4-10(9)12/h2-5,7H,6,8H2,(H,13,14). The molecule has 3 heteroatoms. The Kier molecular flexibility index (Phi) is 2.23. The second-order valence-corrected chi connectivity index (χ2v) is 3.14. The fourth-order valence-corrected chi connectivity index (χ4v) is 1.49. The van der Waals surface area contributed by atoms with E-state index < -0.39 is 5.97 Å². The van der Waals surface area contributed by atoms with Crippen LogP contribution in [0.15, 0.2) is 30.5 Å². The van der Waals surface area contributed by atoms with Gasteiger partial charge in [0.25, 0.3) is 0 Å². The van der Waals surface area contributed by atoms with Gasteiger partial charge in [0.1, 0.15) is 0 Å². The SMILES string of the molecule is O=C(O)CCn1ccc2c[c]ccc21. The first-order valence-electron chi connectivity index (χ1n) is 4.44. The molecule has 3 nitrogen and oxygen atoms in total. The average molecular weight is 188 g/mol. The first-order chi connectivity index (χ1) is 6.77. The number of carboxylic acid groups (broad SMARTS) is 1. The lowest BCUT2D eigenvalue weighted by molar-refractivity contribution is -0.137. The quantitative estimate of drug-likeness (QED) is 0.799. The van der Waals surface area contributed by atoms with E-state index >= 15 is 0 Å². The second kappa shape index (κ2) is 3.54. The number of aryl methyl sites for hydroxylation is 1. The van der Waals surface area contributed by atoms with Crippen molar-refractivity contribution in [1.29, 1.82) is 0 Å². The van der Waals surface area contributed by atoms with E-state index in [0.29, 0.717) is 6.54 Å². The van der Waals surface area contributed by atoms with Crippen molar-refractivity contribution in [2.24, 2.45) is 0 Å². The van der Waals surface area contributed by atoms with Crippen LogP contribution >= 0.6 is 0 Å². The van der Waals surface area contributed by atoms with Crippen LogP contribution in [0.1, 0.15) is 6.42 Å². The zero-order chi connectivity index (χ0) is 9.97. The molecule has 2 rings (SSSR count). The normalized spacial score (nSPS) is 10.6. The molecule has 0 unspecified atom stereocenters. The van der Waals surface area contributed by atoms with Crippen molar-refractivity contribution in [2.45, 2.75) is 13.0 Å². The van der Waals surface area contributed by atoms with Crippen molar-refractivity contribution >= 4 is 16.9 Å². The minimum absolute atomic E-state index is 0.155. The van der Waals surface area contributed by atoms with Crippen molar-refractivity contribution < 1.29 is 9.90 Å². The summed E-state index contributed by atoms with van der Waals surface area (Å²) < 4.78 is 1.94. The van der Waals surface area contributed by atoms with Crippen molar-refractivity contribution in [3.63, 3.8) is 0 Å². The van der Waals surface area contributed by atoms with Gasteiger partial charge in [-0.3, -0.25) is 4.79 Å². The molecule has 2 aromatic rings. The molecule has 0 saturated heterocycles. The van der Waals surface area contributed by atoms with Crippen LogP contribution in [-0.4, -0.2) is 15.6 Å². The molecule has 0 aliphatic carbocycles. The molecule has 1 aromatic carbocycles. The lowest BCUT2D eigenvalue weighted by Crippen LogP contribution is -2.02. The first-order valence-corrected chi connectivity index (χ1v) is 4.44. The molecule has 0 aliphatic heterocycles. The van der Waals surface area contributed by atoms with Crippen molar-refractivity contribution in [3.05, 3.63) is 36.5 Å². The maximum atomic E-state index is 10.4. The fourth-order valence-electron chi connectivity index (χ4n) is 1.49. The van der Waals surface area contributed by atoms with Gasteiger partial charge in [-0.25, -0.2) is 0 Å². The number of carboxylic acids is 1. The summed E-state index contributed by atoms with van der Waals surface area (Å²) in [5, 5.41) is 9.66. The summed E-state index contributed by atoms with van der Waals surface area (Å²) in [6, 6.07) is 10.6. The van der Waals surface area contributed by atoms with Crippen LogP contribution in [0.25, 0.3) is 10.9 Å². The topological polar surface area (TPSA) is 42.2 Å². The number of aliphatic carboxylic acids is 1. The lowest BCUT2D eigenvalue weighted by atomic mass is 10.2. The number of aromatic nitrogens is 1. The van der Waals surface area contributed by atoms with E-state index in [9.17, 15) is 4.79 Å². The fraction of sp³-hybridized carbons (Fsp3) is 0.182. The Morgan fingerprint density at radius 3 is 3.14 bits per heavy atom. The molecule has 0 bridgehead atoms. The van der Waals surface area contributed by atoms with Gasteiger partial charge >= 0.3 is 5.97 Å². The Bertz CT molecular complexity index is 459. The molecule has 1 radical (unpaired) electrons. The van der Waals surface area contributed by atoms with E-state index in [-0.39, 0.29) is 6.42 Å². The van der Waals surface area contributed by atoms with Gasteiger partial charge in [0.05, 0.1) is 6.42 Å². The molecular weight excluding hydrogens is 178 g/mol. The largest absolute Gasteiger partial charge is 0.481 e. The van der Waals surface area contributed by atoms with Crippen LogP contribution in [0.2, 0.25) is 0 Å². The monoisotopic (exact) mass is 188 g/mol. The predicted molar refractivity (Wildman–Crippen MR) is 53.0 cm³/mol. The second-order valence-electron chi connectivity index (χ2n) is 3.14. The summed E-state index contributed by atoms with van der Waals surface area (Å²) in [5.74, 6) is -0.769. The van der Waals surface area contributed by atoms with Gasteiger partial charge in [-0.1, -0.05) is 6.07 Å². The highest BCUT2D eigenvalue weighted by Gasteiger charge is 2.01. The van der Waals surface area contributed by atoms with E-state index in [0.717, 1.165) is 10.9 Å². The molecule has 0 atom stereocenters. The molecule has 0 saturated carbocycles.